The Labute approximate surface area is 110 Å². The largest absolute Gasteiger partial charge is 0.390 e. The van der Waals surface area contributed by atoms with Crippen LogP contribution in [0.3, 0.4) is 0 Å². The van der Waals surface area contributed by atoms with Crippen molar-refractivity contribution in [3.8, 4) is 0 Å². The normalized spacial score (nSPS) is 28.6. The van der Waals surface area contributed by atoms with Crippen LogP contribution in [0.5, 0.6) is 0 Å². The molecule has 0 saturated heterocycles. The number of rotatable bonds is 3. The van der Waals surface area contributed by atoms with Crippen LogP contribution in [0.4, 0.5) is 4.39 Å². The zero-order valence-electron chi connectivity index (χ0n) is 10.0. The van der Waals surface area contributed by atoms with Gasteiger partial charge in [0.1, 0.15) is 5.82 Å². The zero-order chi connectivity index (χ0) is 12.5. The molecule has 0 radical (unpaired) electrons. The van der Waals surface area contributed by atoms with Crippen LogP contribution >= 0.6 is 15.9 Å². The van der Waals surface area contributed by atoms with E-state index >= 15 is 0 Å². The van der Waals surface area contributed by atoms with E-state index in [-0.39, 0.29) is 5.82 Å². The third-order valence-electron chi connectivity index (χ3n) is 3.82. The Morgan fingerprint density at radius 3 is 2.94 bits per heavy atom. The van der Waals surface area contributed by atoms with E-state index in [2.05, 4.69) is 22.9 Å². The molecule has 0 spiro atoms. The fraction of sp³-hybridized carbons (Fsp3) is 0.571. The molecular formula is C14H18BrFO. The van der Waals surface area contributed by atoms with Gasteiger partial charge in [-0.2, -0.15) is 0 Å². The summed E-state index contributed by atoms with van der Waals surface area (Å²) >= 11 is 3.26. The summed E-state index contributed by atoms with van der Waals surface area (Å²) in [7, 11) is 0. The Balaban J connectivity index is 2.13. The molecule has 0 heterocycles. The van der Waals surface area contributed by atoms with Crippen molar-refractivity contribution in [2.75, 3.05) is 0 Å². The first-order chi connectivity index (χ1) is 8.04. The van der Waals surface area contributed by atoms with Crippen molar-refractivity contribution < 1.29 is 9.50 Å². The van der Waals surface area contributed by atoms with Crippen molar-refractivity contribution in [3.63, 3.8) is 0 Å². The SMILES string of the molecule is CCC1CCC(O)(Cc2cccc(F)c2Br)C1. The van der Waals surface area contributed by atoms with Gasteiger partial charge in [-0.15, -0.1) is 0 Å². The molecule has 17 heavy (non-hydrogen) atoms. The van der Waals surface area contributed by atoms with Gasteiger partial charge in [-0.1, -0.05) is 25.5 Å². The molecule has 1 N–H and O–H groups in total. The van der Waals surface area contributed by atoms with Crippen LogP contribution in [-0.2, 0) is 6.42 Å². The summed E-state index contributed by atoms with van der Waals surface area (Å²) in [5.41, 5.74) is 0.223. The molecule has 3 heteroatoms. The van der Waals surface area contributed by atoms with Crippen LogP contribution in [0.15, 0.2) is 22.7 Å². The maximum Gasteiger partial charge on any atom is 0.137 e. The number of benzene rings is 1. The van der Waals surface area contributed by atoms with Crippen LogP contribution in [0, 0.1) is 11.7 Å². The zero-order valence-corrected chi connectivity index (χ0v) is 11.6. The van der Waals surface area contributed by atoms with Crippen molar-refractivity contribution in [1.82, 2.24) is 0 Å². The van der Waals surface area contributed by atoms with Gasteiger partial charge in [-0.3, -0.25) is 0 Å². The minimum Gasteiger partial charge on any atom is -0.390 e. The van der Waals surface area contributed by atoms with Crippen molar-refractivity contribution in [2.24, 2.45) is 5.92 Å². The monoisotopic (exact) mass is 300 g/mol. The average Bonchev–Trinajstić information content (AvgIpc) is 2.67. The van der Waals surface area contributed by atoms with Crippen molar-refractivity contribution in [1.29, 1.82) is 0 Å². The molecule has 2 atom stereocenters. The highest BCUT2D eigenvalue weighted by Gasteiger charge is 2.36. The van der Waals surface area contributed by atoms with Gasteiger partial charge in [-0.05, 0) is 52.7 Å². The van der Waals surface area contributed by atoms with Gasteiger partial charge in [-0.25, -0.2) is 4.39 Å². The predicted molar refractivity (Wildman–Crippen MR) is 70.4 cm³/mol. The van der Waals surface area contributed by atoms with Gasteiger partial charge in [0.25, 0.3) is 0 Å². The average molecular weight is 301 g/mol. The highest BCUT2D eigenvalue weighted by atomic mass is 79.9. The van der Waals surface area contributed by atoms with Crippen molar-refractivity contribution >= 4 is 15.9 Å². The van der Waals surface area contributed by atoms with Gasteiger partial charge in [0.15, 0.2) is 0 Å². The molecule has 94 valence electrons. The van der Waals surface area contributed by atoms with Gasteiger partial charge < -0.3 is 5.11 Å². The molecule has 0 aromatic heterocycles. The second kappa shape index (κ2) is 5.07. The first kappa shape index (κ1) is 13.0. The summed E-state index contributed by atoms with van der Waals surface area (Å²) < 4.78 is 13.9. The van der Waals surface area contributed by atoms with Gasteiger partial charge in [0.2, 0.25) is 0 Å². The van der Waals surface area contributed by atoms with E-state index in [0.29, 0.717) is 16.8 Å². The Hall–Kier alpha value is -0.410. The third kappa shape index (κ3) is 2.89. The molecule has 1 aliphatic carbocycles. The smallest absolute Gasteiger partial charge is 0.137 e. The Morgan fingerprint density at radius 1 is 1.53 bits per heavy atom. The summed E-state index contributed by atoms with van der Waals surface area (Å²) in [6.45, 7) is 2.16. The molecular weight excluding hydrogens is 283 g/mol. The molecule has 1 aromatic carbocycles. The minimum atomic E-state index is -0.642. The van der Waals surface area contributed by atoms with Crippen LogP contribution in [0.1, 0.15) is 38.2 Å². The lowest BCUT2D eigenvalue weighted by atomic mass is 9.91. The number of hydrogen-bond donors (Lipinski definition) is 1. The number of aliphatic hydroxyl groups is 1. The van der Waals surface area contributed by atoms with E-state index < -0.39 is 5.60 Å². The summed E-state index contributed by atoms with van der Waals surface area (Å²) in [5.74, 6) is 0.364. The van der Waals surface area contributed by atoms with E-state index in [1.807, 2.05) is 6.07 Å². The summed E-state index contributed by atoms with van der Waals surface area (Å²) in [6, 6.07) is 5.01. The van der Waals surface area contributed by atoms with E-state index in [0.717, 1.165) is 31.2 Å². The molecule has 1 nitrogen and oxygen atoms in total. The van der Waals surface area contributed by atoms with Crippen LogP contribution in [0.2, 0.25) is 0 Å². The topological polar surface area (TPSA) is 20.2 Å². The Bertz CT molecular complexity index is 407. The van der Waals surface area contributed by atoms with E-state index in [1.54, 1.807) is 6.07 Å². The van der Waals surface area contributed by atoms with Gasteiger partial charge in [0.05, 0.1) is 10.1 Å². The molecule has 1 saturated carbocycles. The van der Waals surface area contributed by atoms with E-state index in [9.17, 15) is 9.50 Å². The van der Waals surface area contributed by atoms with E-state index in [4.69, 9.17) is 0 Å². The second-order valence-electron chi connectivity index (χ2n) is 5.13. The summed E-state index contributed by atoms with van der Waals surface area (Å²) in [5, 5.41) is 10.5. The van der Waals surface area contributed by atoms with Crippen LogP contribution < -0.4 is 0 Å². The molecule has 0 amide bonds. The highest BCUT2D eigenvalue weighted by Crippen LogP contribution is 2.39. The fourth-order valence-corrected chi connectivity index (χ4v) is 3.17. The Kier molecular flexibility index (Phi) is 3.88. The molecule has 0 bridgehead atoms. The van der Waals surface area contributed by atoms with Crippen LogP contribution in [-0.4, -0.2) is 10.7 Å². The fourth-order valence-electron chi connectivity index (χ4n) is 2.76. The molecule has 1 aromatic rings. The van der Waals surface area contributed by atoms with E-state index in [1.165, 1.54) is 6.07 Å². The van der Waals surface area contributed by atoms with Gasteiger partial charge in [0, 0.05) is 6.42 Å². The third-order valence-corrected chi connectivity index (χ3v) is 4.70. The molecule has 1 aliphatic rings. The first-order valence-electron chi connectivity index (χ1n) is 6.19. The summed E-state index contributed by atoms with van der Waals surface area (Å²) in [4.78, 5) is 0. The molecule has 0 aliphatic heterocycles. The lowest BCUT2D eigenvalue weighted by molar-refractivity contribution is 0.0434. The maximum atomic E-state index is 13.4. The van der Waals surface area contributed by atoms with Crippen molar-refractivity contribution in [3.05, 3.63) is 34.1 Å². The van der Waals surface area contributed by atoms with Crippen LogP contribution in [0.25, 0.3) is 0 Å². The number of hydrogen-bond acceptors (Lipinski definition) is 1. The molecule has 1 fully saturated rings. The molecule has 2 unspecified atom stereocenters. The lowest BCUT2D eigenvalue weighted by Gasteiger charge is -2.23. The second-order valence-corrected chi connectivity index (χ2v) is 5.92. The van der Waals surface area contributed by atoms with Crippen molar-refractivity contribution in [2.45, 2.75) is 44.6 Å². The molecule has 2 rings (SSSR count). The first-order valence-corrected chi connectivity index (χ1v) is 6.98. The highest BCUT2D eigenvalue weighted by molar-refractivity contribution is 9.10. The summed E-state index contributed by atoms with van der Waals surface area (Å²) in [6.07, 6.45) is 4.41. The standard InChI is InChI=1S/C14H18BrFO/c1-2-10-6-7-14(17,8-10)9-11-4-3-5-12(16)13(11)15/h3-5,10,17H,2,6-9H2,1H3. The number of halogens is 2. The Morgan fingerprint density at radius 2 is 2.29 bits per heavy atom. The maximum absolute atomic E-state index is 13.4. The lowest BCUT2D eigenvalue weighted by Crippen LogP contribution is -2.28. The quantitative estimate of drug-likeness (QED) is 0.892. The van der Waals surface area contributed by atoms with Gasteiger partial charge >= 0.3 is 0 Å². The predicted octanol–water partition coefficient (Wildman–Crippen LogP) is 4.07. The minimum absolute atomic E-state index is 0.254.